The Labute approximate surface area is 87.1 Å². The van der Waals surface area contributed by atoms with E-state index < -0.39 is 0 Å². The van der Waals surface area contributed by atoms with E-state index in [0.29, 0.717) is 0 Å². The summed E-state index contributed by atoms with van der Waals surface area (Å²) in [5, 5.41) is 3.46. The lowest BCUT2D eigenvalue weighted by molar-refractivity contribution is 0.252. The van der Waals surface area contributed by atoms with E-state index in [2.05, 4.69) is 38.0 Å². The molecule has 0 radical (unpaired) electrons. The minimum atomic E-state index is 0.775. The van der Waals surface area contributed by atoms with E-state index in [1.807, 2.05) is 0 Å². The molecule has 2 heteroatoms. The van der Waals surface area contributed by atoms with Gasteiger partial charge in [-0.25, -0.2) is 0 Å². The van der Waals surface area contributed by atoms with Gasteiger partial charge in [0.05, 0.1) is 0 Å². The summed E-state index contributed by atoms with van der Waals surface area (Å²) in [4.78, 5) is 0. The summed E-state index contributed by atoms with van der Waals surface area (Å²) in [6.07, 6.45) is 4.36. The smallest absolute Gasteiger partial charge is 0.0183 e. The van der Waals surface area contributed by atoms with Crippen LogP contribution in [-0.4, -0.2) is 24.6 Å². The molecule has 0 bridgehead atoms. The Balaban J connectivity index is 2.08. The molecule has 78 valence electrons. The first-order valence-electron chi connectivity index (χ1n) is 5.49. The molecule has 1 rings (SSSR count). The van der Waals surface area contributed by atoms with E-state index in [1.54, 1.807) is 0 Å². The van der Waals surface area contributed by atoms with Crippen molar-refractivity contribution < 1.29 is 0 Å². The second-order valence-electron chi connectivity index (χ2n) is 4.52. The van der Waals surface area contributed by atoms with Gasteiger partial charge in [0.15, 0.2) is 0 Å². The molecule has 1 unspecified atom stereocenters. The van der Waals surface area contributed by atoms with E-state index in [0.717, 1.165) is 17.9 Å². The van der Waals surface area contributed by atoms with Crippen molar-refractivity contribution >= 4 is 11.8 Å². The third-order valence-corrected chi connectivity index (χ3v) is 4.34. The maximum atomic E-state index is 3.46. The summed E-state index contributed by atoms with van der Waals surface area (Å²) in [6.45, 7) is 4.59. The number of thioether (sulfide) groups is 1. The highest BCUT2D eigenvalue weighted by molar-refractivity contribution is 7.99. The van der Waals surface area contributed by atoms with Crippen LogP contribution in [0.5, 0.6) is 0 Å². The molecule has 0 aromatic rings. The molecular weight excluding hydrogens is 178 g/mol. The van der Waals surface area contributed by atoms with Gasteiger partial charge in [-0.05, 0) is 37.5 Å². The first-order chi connectivity index (χ1) is 6.24. The highest BCUT2D eigenvalue weighted by Gasteiger charge is 2.25. The number of hydrogen-bond donors (Lipinski definition) is 1. The Bertz CT molecular complexity index is 132. The lowest BCUT2D eigenvalue weighted by Crippen LogP contribution is -2.39. The molecule has 1 N–H and O–H groups in total. The monoisotopic (exact) mass is 201 g/mol. The highest BCUT2D eigenvalue weighted by Crippen LogP contribution is 2.31. The van der Waals surface area contributed by atoms with Gasteiger partial charge < -0.3 is 5.32 Å². The van der Waals surface area contributed by atoms with Crippen LogP contribution in [0.3, 0.4) is 0 Å². The van der Waals surface area contributed by atoms with Crippen LogP contribution in [-0.2, 0) is 0 Å². The summed E-state index contributed by atoms with van der Waals surface area (Å²) in [7, 11) is 2.11. The lowest BCUT2D eigenvalue weighted by atomic mass is 9.80. The Morgan fingerprint density at radius 2 is 2.00 bits per heavy atom. The maximum Gasteiger partial charge on any atom is 0.0183 e. The normalized spacial score (nSPS) is 20.3. The van der Waals surface area contributed by atoms with Crippen molar-refractivity contribution in [2.24, 2.45) is 11.8 Å². The molecule has 1 saturated carbocycles. The zero-order valence-corrected chi connectivity index (χ0v) is 9.99. The first kappa shape index (κ1) is 11.4. The highest BCUT2D eigenvalue weighted by atomic mass is 32.2. The molecular formula is C11H23NS. The van der Waals surface area contributed by atoms with Gasteiger partial charge >= 0.3 is 0 Å². The molecule has 0 spiro atoms. The largest absolute Gasteiger partial charge is 0.316 e. The second-order valence-corrected chi connectivity index (χ2v) is 5.59. The third-order valence-electron chi connectivity index (χ3n) is 2.84. The van der Waals surface area contributed by atoms with Crippen molar-refractivity contribution in [1.82, 2.24) is 5.32 Å². The molecule has 13 heavy (non-hydrogen) atoms. The number of nitrogens with one attached hydrogen (secondary N) is 1. The van der Waals surface area contributed by atoms with Gasteiger partial charge in [-0.2, -0.15) is 11.8 Å². The van der Waals surface area contributed by atoms with E-state index in [4.69, 9.17) is 0 Å². The quantitative estimate of drug-likeness (QED) is 0.709. The van der Waals surface area contributed by atoms with Crippen LogP contribution in [0.4, 0.5) is 0 Å². The summed E-state index contributed by atoms with van der Waals surface area (Å²) < 4.78 is 0. The average Bonchev–Trinajstić information content (AvgIpc) is 1.98. The van der Waals surface area contributed by atoms with E-state index in [-0.39, 0.29) is 0 Å². The van der Waals surface area contributed by atoms with Crippen molar-refractivity contribution in [2.45, 2.75) is 39.2 Å². The average molecular weight is 201 g/mol. The molecule has 1 aliphatic rings. The summed E-state index contributed by atoms with van der Waals surface area (Å²) in [6, 6.07) is 0.775. The summed E-state index contributed by atoms with van der Waals surface area (Å²) in [5.41, 5.74) is 0. The zero-order chi connectivity index (χ0) is 9.68. The summed E-state index contributed by atoms with van der Waals surface area (Å²) in [5.74, 6) is 4.43. The first-order valence-corrected chi connectivity index (χ1v) is 6.64. The van der Waals surface area contributed by atoms with Crippen LogP contribution >= 0.6 is 11.8 Å². The summed E-state index contributed by atoms with van der Waals surface area (Å²) >= 11 is 2.11. The van der Waals surface area contributed by atoms with Crippen molar-refractivity contribution in [1.29, 1.82) is 0 Å². The van der Waals surface area contributed by atoms with Crippen molar-refractivity contribution in [3.8, 4) is 0 Å². The molecule has 0 heterocycles. The van der Waals surface area contributed by atoms with Gasteiger partial charge in [0.25, 0.3) is 0 Å². The number of hydrogen-bond acceptors (Lipinski definition) is 2. The lowest BCUT2D eigenvalue weighted by Gasteiger charge is -2.33. The predicted octanol–water partition coefficient (Wildman–Crippen LogP) is 2.76. The van der Waals surface area contributed by atoms with Gasteiger partial charge in [-0.1, -0.05) is 20.3 Å². The molecule has 1 nitrogen and oxygen atoms in total. The zero-order valence-electron chi connectivity index (χ0n) is 9.18. The fraction of sp³-hybridized carbons (Fsp3) is 1.00. The third kappa shape index (κ3) is 3.90. The molecule has 1 aliphatic carbocycles. The molecule has 1 atom stereocenters. The van der Waals surface area contributed by atoms with Gasteiger partial charge in [-0.15, -0.1) is 0 Å². The standard InChI is InChI=1S/C11H23NS/c1-9(2)7-13-8-11(12-3)10-5-4-6-10/h9-12H,4-8H2,1-3H3. The van der Waals surface area contributed by atoms with Crippen LogP contribution in [0.1, 0.15) is 33.1 Å². The van der Waals surface area contributed by atoms with Crippen LogP contribution in [0.25, 0.3) is 0 Å². The molecule has 0 aromatic heterocycles. The molecule has 0 amide bonds. The predicted molar refractivity (Wildman–Crippen MR) is 62.4 cm³/mol. The van der Waals surface area contributed by atoms with Crippen molar-refractivity contribution in [3.05, 3.63) is 0 Å². The Hall–Kier alpha value is 0.310. The topological polar surface area (TPSA) is 12.0 Å². The maximum absolute atomic E-state index is 3.46. The fourth-order valence-corrected chi connectivity index (χ4v) is 3.03. The van der Waals surface area contributed by atoms with Crippen LogP contribution < -0.4 is 5.32 Å². The van der Waals surface area contributed by atoms with Gasteiger partial charge in [0, 0.05) is 11.8 Å². The van der Waals surface area contributed by atoms with E-state index >= 15 is 0 Å². The minimum Gasteiger partial charge on any atom is -0.316 e. The number of rotatable bonds is 6. The Morgan fingerprint density at radius 1 is 1.31 bits per heavy atom. The molecule has 0 aromatic carbocycles. The van der Waals surface area contributed by atoms with Gasteiger partial charge in [0.1, 0.15) is 0 Å². The SMILES string of the molecule is CNC(CSCC(C)C)C1CCC1. The molecule has 0 saturated heterocycles. The van der Waals surface area contributed by atoms with Crippen molar-refractivity contribution in [2.75, 3.05) is 18.6 Å². The van der Waals surface area contributed by atoms with Gasteiger partial charge in [0.2, 0.25) is 0 Å². The molecule has 0 aliphatic heterocycles. The fourth-order valence-electron chi connectivity index (χ4n) is 1.73. The van der Waals surface area contributed by atoms with Crippen molar-refractivity contribution in [3.63, 3.8) is 0 Å². The van der Waals surface area contributed by atoms with Crippen LogP contribution in [0.2, 0.25) is 0 Å². The Kier molecular flexibility index (Phi) is 5.18. The second kappa shape index (κ2) is 5.92. The van der Waals surface area contributed by atoms with E-state index in [9.17, 15) is 0 Å². The minimum absolute atomic E-state index is 0.775. The molecule has 1 fully saturated rings. The van der Waals surface area contributed by atoms with E-state index in [1.165, 1.54) is 30.8 Å². The van der Waals surface area contributed by atoms with Gasteiger partial charge in [-0.3, -0.25) is 0 Å². The van der Waals surface area contributed by atoms with Crippen LogP contribution in [0.15, 0.2) is 0 Å². The Morgan fingerprint density at radius 3 is 2.38 bits per heavy atom. The van der Waals surface area contributed by atoms with Crippen LogP contribution in [0, 0.1) is 11.8 Å².